The van der Waals surface area contributed by atoms with E-state index in [2.05, 4.69) is 25.9 Å². The number of hydrogen-bond acceptors (Lipinski definition) is 3. The van der Waals surface area contributed by atoms with Gasteiger partial charge in [-0.1, -0.05) is 6.07 Å². The van der Waals surface area contributed by atoms with Gasteiger partial charge < -0.3 is 4.74 Å². The second-order valence-corrected chi connectivity index (χ2v) is 6.19. The van der Waals surface area contributed by atoms with E-state index in [0.717, 1.165) is 32.9 Å². The number of benzene rings is 1. The van der Waals surface area contributed by atoms with Gasteiger partial charge in [0, 0.05) is 16.7 Å². The van der Waals surface area contributed by atoms with E-state index in [-0.39, 0.29) is 5.38 Å². The standard InChI is InChI=1S/C15H13BrClN3O/c1-9(17)14-19-13-6-10(16)8-18-15(13)20(14)11-4-3-5-12(7-11)21-2/h3-9H,1-2H3. The molecule has 21 heavy (non-hydrogen) atoms. The molecule has 0 spiro atoms. The van der Waals surface area contributed by atoms with Crippen molar-refractivity contribution in [3.8, 4) is 11.4 Å². The number of pyridine rings is 1. The van der Waals surface area contributed by atoms with E-state index < -0.39 is 0 Å². The monoisotopic (exact) mass is 365 g/mol. The van der Waals surface area contributed by atoms with Crippen molar-refractivity contribution in [1.29, 1.82) is 0 Å². The fraction of sp³-hybridized carbons (Fsp3) is 0.200. The Morgan fingerprint density at radius 3 is 2.86 bits per heavy atom. The predicted molar refractivity (Wildman–Crippen MR) is 87.4 cm³/mol. The number of nitrogens with zero attached hydrogens (tertiary/aromatic N) is 3. The Hall–Kier alpha value is -1.59. The molecule has 0 fully saturated rings. The van der Waals surface area contributed by atoms with Gasteiger partial charge in [-0.3, -0.25) is 4.57 Å². The molecule has 0 N–H and O–H groups in total. The lowest BCUT2D eigenvalue weighted by atomic mass is 10.3. The van der Waals surface area contributed by atoms with E-state index in [1.807, 2.05) is 41.8 Å². The summed E-state index contributed by atoms with van der Waals surface area (Å²) in [5.41, 5.74) is 2.50. The Morgan fingerprint density at radius 1 is 1.33 bits per heavy atom. The summed E-state index contributed by atoms with van der Waals surface area (Å²) in [6.07, 6.45) is 1.75. The molecule has 0 aliphatic rings. The van der Waals surface area contributed by atoms with E-state index in [9.17, 15) is 0 Å². The summed E-state index contributed by atoms with van der Waals surface area (Å²) in [4.78, 5) is 9.07. The van der Waals surface area contributed by atoms with Crippen molar-refractivity contribution < 1.29 is 4.74 Å². The number of alkyl halides is 1. The van der Waals surface area contributed by atoms with Crippen LogP contribution in [0.5, 0.6) is 5.75 Å². The van der Waals surface area contributed by atoms with Crippen molar-refractivity contribution in [3.05, 3.63) is 46.8 Å². The molecular weight excluding hydrogens is 354 g/mol. The van der Waals surface area contributed by atoms with Gasteiger partial charge in [0.25, 0.3) is 0 Å². The highest BCUT2D eigenvalue weighted by Gasteiger charge is 2.17. The van der Waals surface area contributed by atoms with E-state index in [0.29, 0.717) is 0 Å². The first kappa shape index (κ1) is 14.4. The predicted octanol–water partition coefficient (Wildman–Crippen LogP) is 4.49. The first-order valence-corrected chi connectivity index (χ1v) is 7.65. The minimum Gasteiger partial charge on any atom is -0.497 e. The number of halogens is 2. The third-order valence-corrected chi connectivity index (χ3v) is 3.79. The second-order valence-electron chi connectivity index (χ2n) is 4.62. The van der Waals surface area contributed by atoms with Crippen LogP contribution in [0.1, 0.15) is 18.1 Å². The summed E-state index contributed by atoms with van der Waals surface area (Å²) in [5, 5.41) is -0.232. The number of hydrogen-bond donors (Lipinski definition) is 0. The molecule has 1 atom stereocenters. The van der Waals surface area contributed by atoms with Crippen LogP contribution in [-0.2, 0) is 0 Å². The van der Waals surface area contributed by atoms with Gasteiger partial charge in [-0.25, -0.2) is 9.97 Å². The Labute approximate surface area is 135 Å². The number of aromatic nitrogens is 3. The van der Waals surface area contributed by atoms with Crippen LogP contribution in [0.3, 0.4) is 0 Å². The summed E-state index contributed by atoms with van der Waals surface area (Å²) in [6, 6.07) is 9.68. The molecule has 0 amide bonds. The van der Waals surface area contributed by atoms with Crippen molar-refractivity contribution in [3.63, 3.8) is 0 Å². The van der Waals surface area contributed by atoms with Gasteiger partial charge in [0.2, 0.25) is 0 Å². The molecule has 3 rings (SSSR count). The Morgan fingerprint density at radius 2 is 2.14 bits per heavy atom. The Bertz CT molecular complexity index is 801. The van der Waals surface area contributed by atoms with Gasteiger partial charge in [0.15, 0.2) is 5.65 Å². The lowest BCUT2D eigenvalue weighted by molar-refractivity contribution is 0.414. The maximum atomic E-state index is 6.29. The van der Waals surface area contributed by atoms with Crippen LogP contribution in [0.4, 0.5) is 0 Å². The van der Waals surface area contributed by atoms with Crippen molar-refractivity contribution in [1.82, 2.24) is 14.5 Å². The molecule has 0 saturated carbocycles. The SMILES string of the molecule is COc1cccc(-n2c(C(C)Cl)nc3cc(Br)cnc32)c1. The third kappa shape index (κ3) is 2.63. The van der Waals surface area contributed by atoms with Crippen LogP contribution in [0.2, 0.25) is 0 Å². The van der Waals surface area contributed by atoms with E-state index in [1.54, 1.807) is 13.3 Å². The molecule has 0 aliphatic heterocycles. The normalized spacial score (nSPS) is 12.6. The van der Waals surface area contributed by atoms with Crippen molar-refractivity contribution in [2.45, 2.75) is 12.3 Å². The van der Waals surface area contributed by atoms with Crippen molar-refractivity contribution in [2.75, 3.05) is 7.11 Å². The summed E-state index contributed by atoms with van der Waals surface area (Å²) < 4.78 is 8.14. The highest BCUT2D eigenvalue weighted by atomic mass is 79.9. The molecule has 6 heteroatoms. The molecule has 1 aromatic carbocycles. The topological polar surface area (TPSA) is 39.9 Å². The van der Waals surface area contributed by atoms with Gasteiger partial charge in [0.1, 0.15) is 17.1 Å². The molecule has 2 aromatic heterocycles. The van der Waals surface area contributed by atoms with E-state index in [1.165, 1.54) is 0 Å². The van der Waals surface area contributed by atoms with Crippen LogP contribution in [0.25, 0.3) is 16.9 Å². The first-order valence-electron chi connectivity index (χ1n) is 6.42. The summed E-state index contributed by atoms with van der Waals surface area (Å²) in [6.45, 7) is 1.90. The maximum Gasteiger partial charge on any atom is 0.164 e. The molecule has 108 valence electrons. The van der Waals surface area contributed by atoms with Crippen LogP contribution < -0.4 is 4.74 Å². The quantitative estimate of drug-likeness (QED) is 0.641. The number of methoxy groups -OCH3 is 1. The van der Waals surface area contributed by atoms with E-state index >= 15 is 0 Å². The summed E-state index contributed by atoms with van der Waals surface area (Å²) in [7, 11) is 1.64. The molecule has 0 aliphatic carbocycles. The highest BCUT2D eigenvalue weighted by molar-refractivity contribution is 9.10. The lowest BCUT2D eigenvalue weighted by Crippen LogP contribution is -2.03. The average molecular weight is 367 g/mol. The van der Waals surface area contributed by atoms with E-state index in [4.69, 9.17) is 16.3 Å². The second kappa shape index (κ2) is 5.66. The largest absolute Gasteiger partial charge is 0.497 e. The lowest BCUT2D eigenvalue weighted by Gasteiger charge is -2.11. The fourth-order valence-electron chi connectivity index (χ4n) is 2.23. The molecule has 0 bridgehead atoms. The van der Waals surface area contributed by atoms with Crippen LogP contribution in [0, 0.1) is 0 Å². The molecule has 3 aromatic rings. The van der Waals surface area contributed by atoms with Crippen LogP contribution in [0.15, 0.2) is 41.0 Å². The van der Waals surface area contributed by atoms with Gasteiger partial charge in [-0.15, -0.1) is 11.6 Å². The molecule has 0 radical (unpaired) electrons. The molecule has 4 nitrogen and oxygen atoms in total. The van der Waals surface area contributed by atoms with Gasteiger partial charge in [-0.2, -0.15) is 0 Å². The Balaban J connectivity index is 2.30. The molecule has 2 heterocycles. The van der Waals surface area contributed by atoms with Crippen LogP contribution >= 0.6 is 27.5 Å². The van der Waals surface area contributed by atoms with Crippen LogP contribution in [-0.4, -0.2) is 21.6 Å². The van der Waals surface area contributed by atoms with Crippen molar-refractivity contribution >= 4 is 38.7 Å². The zero-order chi connectivity index (χ0) is 15.0. The number of fused-ring (bicyclic) bond motifs is 1. The smallest absolute Gasteiger partial charge is 0.164 e. The summed E-state index contributed by atoms with van der Waals surface area (Å²) >= 11 is 9.71. The minimum absolute atomic E-state index is 0.232. The molecular formula is C15H13BrClN3O. The Kier molecular flexibility index (Phi) is 3.87. The number of ether oxygens (including phenoxy) is 1. The maximum absolute atomic E-state index is 6.29. The van der Waals surface area contributed by atoms with Gasteiger partial charge >= 0.3 is 0 Å². The third-order valence-electron chi connectivity index (χ3n) is 3.16. The zero-order valence-electron chi connectivity index (χ0n) is 11.5. The zero-order valence-corrected chi connectivity index (χ0v) is 13.9. The van der Waals surface area contributed by atoms with Gasteiger partial charge in [-0.05, 0) is 41.1 Å². The highest BCUT2D eigenvalue weighted by Crippen LogP contribution is 2.29. The first-order chi connectivity index (χ1) is 10.1. The summed E-state index contributed by atoms with van der Waals surface area (Å²) in [5.74, 6) is 1.53. The molecule has 1 unspecified atom stereocenters. The fourth-order valence-corrected chi connectivity index (χ4v) is 2.69. The minimum atomic E-state index is -0.232. The van der Waals surface area contributed by atoms with Crippen molar-refractivity contribution in [2.24, 2.45) is 0 Å². The average Bonchev–Trinajstić information content (AvgIpc) is 2.86. The van der Waals surface area contributed by atoms with Gasteiger partial charge in [0.05, 0.1) is 18.2 Å². The number of imidazole rings is 1. The number of rotatable bonds is 3. The molecule has 0 saturated heterocycles.